The van der Waals surface area contributed by atoms with Crippen molar-refractivity contribution in [2.45, 2.75) is 45.7 Å². The lowest BCUT2D eigenvalue weighted by Crippen LogP contribution is -2.43. The van der Waals surface area contributed by atoms with Crippen LogP contribution in [0.1, 0.15) is 37.0 Å². The maximum absolute atomic E-state index is 4.69. The van der Waals surface area contributed by atoms with Gasteiger partial charge in [0, 0.05) is 36.5 Å². The average Bonchev–Trinajstić information content (AvgIpc) is 3.22. The van der Waals surface area contributed by atoms with Gasteiger partial charge in [0.2, 0.25) is 0 Å². The fourth-order valence-corrected chi connectivity index (χ4v) is 3.63. The van der Waals surface area contributed by atoms with Crippen LogP contribution in [0.5, 0.6) is 0 Å². The number of aromatic nitrogens is 5. The topological polar surface area (TPSA) is 82.6 Å². The fourth-order valence-electron chi connectivity index (χ4n) is 3.63. The molecule has 0 saturated carbocycles. The fraction of sp³-hybridized carbons (Fsp3) is 0.429. The smallest absolute Gasteiger partial charge is 0.181 e. The molecule has 1 aromatic carbocycles. The first-order valence-electron chi connectivity index (χ1n) is 10.0. The molecule has 1 fully saturated rings. The highest BCUT2D eigenvalue weighted by Crippen LogP contribution is 2.22. The van der Waals surface area contributed by atoms with Gasteiger partial charge in [0.15, 0.2) is 5.82 Å². The molecular weight excluding hydrogens is 350 g/mol. The first-order valence-corrected chi connectivity index (χ1v) is 10.0. The number of rotatable bonds is 6. The van der Waals surface area contributed by atoms with E-state index in [9.17, 15) is 0 Å². The molecular formula is C21H27N7. The lowest BCUT2D eigenvalue weighted by Gasteiger charge is -2.34. The summed E-state index contributed by atoms with van der Waals surface area (Å²) in [6.07, 6.45) is 5.11. The Balaban J connectivity index is 1.31. The number of aryl methyl sites for hydroxylation is 2. The van der Waals surface area contributed by atoms with Gasteiger partial charge in [0.25, 0.3) is 0 Å². The second-order valence-corrected chi connectivity index (χ2v) is 7.23. The Morgan fingerprint density at radius 2 is 1.93 bits per heavy atom. The lowest BCUT2D eigenvalue weighted by atomic mass is 10.0. The molecule has 4 rings (SSSR count). The number of anilines is 1. The highest BCUT2D eigenvalue weighted by molar-refractivity contribution is 5.53. The van der Waals surface area contributed by atoms with Crippen LogP contribution in [0.25, 0.3) is 11.4 Å². The Bertz CT molecular complexity index is 898. The predicted octanol–water partition coefficient (Wildman–Crippen LogP) is 2.89. The van der Waals surface area contributed by atoms with Crippen molar-refractivity contribution in [3.63, 3.8) is 0 Å². The Hall–Kier alpha value is -2.80. The monoisotopic (exact) mass is 377 g/mol. The number of nitrogens with one attached hydrogen (secondary N) is 2. The molecule has 1 aliphatic rings. The van der Waals surface area contributed by atoms with Crippen LogP contribution in [-0.2, 0) is 13.0 Å². The van der Waals surface area contributed by atoms with E-state index in [4.69, 9.17) is 0 Å². The summed E-state index contributed by atoms with van der Waals surface area (Å²) in [5.41, 5.74) is 2.26. The molecule has 146 valence electrons. The molecule has 28 heavy (non-hydrogen) atoms. The average molecular weight is 377 g/mol. The van der Waals surface area contributed by atoms with Crippen LogP contribution in [0, 0.1) is 6.92 Å². The van der Waals surface area contributed by atoms with E-state index in [1.165, 1.54) is 5.56 Å². The van der Waals surface area contributed by atoms with Gasteiger partial charge in [-0.25, -0.2) is 15.0 Å². The van der Waals surface area contributed by atoms with Crippen LogP contribution < -0.4 is 10.2 Å². The van der Waals surface area contributed by atoms with E-state index in [0.717, 1.165) is 61.2 Å². The van der Waals surface area contributed by atoms with Crippen LogP contribution in [0.2, 0.25) is 0 Å². The zero-order chi connectivity index (χ0) is 19.3. The number of hydrogen-bond acceptors (Lipinski definition) is 6. The van der Waals surface area contributed by atoms with Crippen molar-refractivity contribution in [2.24, 2.45) is 0 Å². The molecule has 0 atom stereocenters. The van der Waals surface area contributed by atoms with Gasteiger partial charge >= 0.3 is 0 Å². The molecule has 0 bridgehead atoms. The third kappa shape index (κ3) is 4.20. The third-order valence-corrected chi connectivity index (χ3v) is 5.26. The van der Waals surface area contributed by atoms with Crippen LogP contribution in [0.15, 0.2) is 36.5 Å². The van der Waals surface area contributed by atoms with E-state index >= 15 is 0 Å². The van der Waals surface area contributed by atoms with Gasteiger partial charge in [-0.2, -0.15) is 5.10 Å². The number of nitrogens with zero attached hydrogens (tertiary/aromatic N) is 5. The van der Waals surface area contributed by atoms with Crippen LogP contribution in [0.3, 0.4) is 0 Å². The Labute approximate surface area is 165 Å². The van der Waals surface area contributed by atoms with Gasteiger partial charge < -0.3 is 10.2 Å². The minimum Gasteiger partial charge on any atom is -0.356 e. The largest absolute Gasteiger partial charge is 0.356 e. The van der Waals surface area contributed by atoms with E-state index in [1.807, 2.05) is 43.5 Å². The summed E-state index contributed by atoms with van der Waals surface area (Å²) in [7, 11) is 0. The van der Waals surface area contributed by atoms with Crippen molar-refractivity contribution < 1.29 is 0 Å². The molecule has 1 aliphatic heterocycles. The van der Waals surface area contributed by atoms with Gasteiger partial charge in [-0.1, -0.05) is 37.3 Å². The lowest BCUT2D eigenvalue weighted by molar-refractivity contribution is 0.408. The summed E-state index contributed by atoms with van der Waals surface area (Å²) in [6.45, 7) is 6.84. The SMILES string of the molecule is CCc1cnc(C)nc1N1CCC(NCc2nc(-c3ccccc3)n[nH]2)CC1. The summed E-state index contributed by atoms with van der Waals surface area (Å²) in [6, 6.07) is 10.5. The first-order chi connectivity index (χ1) is 13.7. The van der Waals surface area contributed by atoms with Crippen molar-refractivity contribution in [1.82, 2.24) is 30.5 Å². The van der Waals surface area contributed by atoms with Crippen LogP contribution >= 0.6 is 0 Å². The highest BCUT2D eigenvalue weighted by Gasteiger charge is 2.22. The molecule has 1 saturated heterocycles. The molecule has 2 N–H and O–H groups in total. The standard InChI is InChI=1S/C21H27N7/c1-3-16-13-22-15(2)24-21(16)28-11-9-18(10-12-28)23-14-19-25-20(27-26-19)17-7-5-4-6-8-17/h4-8,13,18,23H,3,9-12,14H2,1-2H3,(H,25,26,27). The van der Waals surface area contributed by atoms with E-state index in [2.05, 4.69) is 42.3 Å². The van der Waals surface area contributed by atoms with Crippen molar-refractivity contribution >= 4 is 5.82 Å². The number of aromatic amines is 1. The highest BCUT2D eigenvalue weighted by atomic mass is 15.2. The molecule has 0 spiro atoms. The van der Waals surface area contributed by atoms with E-state index in [1.54, 1.807) is 0 Å². The number of piperidine rings is 1. The van der Waals surface area contributed by atoms with E-state index in [-0.39, 0.29) is 0 Å². The molecule has 7 heteroatoms. The molecule has 0 aliphatic carbocycles. The number of H-pyrrole nitrogens is 1. The van der Waals surface area contributed by atoms with Crippen molar-refractivity contribution in [3.8, 4) is 11.4 Å². The molecule has 2 aromatic heterocycles. The summed E-state index contributed by atoms with van der Waals surface area (Å²) in [5.74, 6) is 3.57. The van der Waals surface area contributed by atoms with Gasteiger partial charge in [0.05, 0.1) is 6.54 Å². The van der Waals surface area contributed by atoms with Crippen molar-refractivity contribution in [2.75, 3.05) is 18.0 Å². The molecule has 0 radical (unpaired) electrons. The van der Waals surface area contributed by atoms with Crippen molar-refractivity contribution in [1.29, 1.82) is 0 Å². The molecule has 3 aromatic rings. The second-order valence-electron chi connectivity index (χ2n) is 7.23. The molecule has 3 heterocycles. The summed E-state index contributed by atoms with van der Waals surface area (Å²) in [4.78, 5) is 16.0. The quantitative estimate of drug-likeness (QED) is 0.687. The normalized spacial score (nSPS) is 15.1. The van der Waals surface area contributed by atoms with Gasteiger partial charge in [-0.3, -0.25) is 5.10 Å². The zero-order valence-corrected chi connectivity index (χ0v) is 16.5. The minimum atomic E-state index is 0.481. The second kappa shape index (κ2) is 8.48. The maximum Gasteiger partial charge on any atom is 0.181 e. The summed E-state index contributed by atoms with van der Waals surface area (Å²) in [5, 5.41) is 11.0. The van der Waals surface area contributed by atoms with E-state index < -0.39 is 0 Å². The Kier molecular flexibility index (Phi) is 5.62. The summed E-state index contributed by atoms with van der Waals surface area (Å²) < 4.78 is 0. The summed E-state index contributed by atoms with van der Waals surface area (Å²) >= 11 is 0. The van der Waals surface area contributed by atoms with Crippen molar-refractivity contribution in [3.05, 3.63) is 53.7 Å². The zero-order valence-electron chi connectivity index (χ0n) is 16.5. The van der Waals surface area contributed by atoms with E-state index in [0.29, 0.717) is 12.6 Å². The van der Waals surface area contributed by atoms with Gasteiger partial charge in [0.1, 0.15) is 17.5 Å². The molecule has 0 unspecified atom stereocenters. The number of hydrogen-bond donors (Lipinski definition) is 2. The minimum absolute atomic E-state index is 0.481. The molecule has 0 amide bonds. The maximum atomic E-state index is 4.69. The predicted molar refractivity (Wildman–Crippen MR) is 110 cm³/mol. The number of benzene rings is 1. The van der Waals surface area contributed by atoms with Crippen LogP contribution in [0.4, 0.5) is 5.82 Å². The molecule has 7 nitrogen and oxygen atoms in total. The van der Waals surface area contributed by atoms with Gasteiger partial charge in [-0.05, 0) is 26.2 Å². The van der Waals surface area contributed by atoms with Gasteiger partial charge in [-0.15, -0.1) is 0 Å². The Morgan fingerprint density at radius 1 is 1.14 bits per heavy atom. The van der Waals surface area contributed by atoms with Crippen LogP contribution in [-0.4, -0.2) is 44.3 Å². The Morgan fingerprint density at radius 3 is 2.68 bits per heavy atom. The third-order valence-electron chi connectivity index (χ3n) is 5.26. The first kappa shape index (κ1) is 18.6.